The van der Waals surface area contributed by atoms with Gasteiger partial charge in [-0.1, -0.05) is 35.6 Å². The molecule has 3 aromatic carbocycles. The van der Waals surface area contributed by atoms with Gasteiger partial charge < -0.3 is 23.7 Å². The Hall–Kier alpha value is -4.27. The van der Waals surface area contributed by atoms with E-state index in [1.54, 1.807) is 75.4 Å². The van der Waals surface area contributed by atoms with Crippen LogP contribution in [0.1, 0.15) is 43.5 Å². The zero-order chi connectivity index (χ0) is 35.2. The highest BCUT2D eigenvalue weighted by Gasteiger charge is 2.34. The third kappa shape index (κ3) is 7.97. The second kappa shape index (κ2) is 16.0. The highest BCUT2D eigenvalue weighted by molar-refractivity contribution is 9.11. The minimum absolute atomic E-state index is 0.0212. The van der Waals surface area contributed by atoms with Crippen LogP contribution in [0, 0.1) is 5.82 Å². The summed E-state index contributed by atoms with van der Waals surface area (Å²) in [5.41, 5.74) is 1.86. The smallest absolute Gasteiger partial charge is 0.343 e. The standard InChI is InChI=1S/C35H31Br2FN2O8S/c1-5-45-27-16-21(11-12-26(27)47-18-29(41)44-4)31-30(34(43)46-6-2)19(3)39-35-40(31)33(42)28(49-35)15-20-13-23(36)32(24(37)14-20)48-17-22-9-7-8-10-25(22)38/h7-16,31H,5-6,17-18H2,1-4H3/b28-15-/t31-/m0/s1. The molecule has 5 rings (SSSR count). The summed E-state index contributed by atoms with van der Waals surface area (Å²) in [7, 11) is 1.26. The van der Waals surface area contributed by atoms with E-state index in [0.29, 0.717) is 64.5 Å². The van der Waals surface area contributed by atoms with Crippen molar-refractivity contribution < 1.29 is 37.7 Å². The number of methoxy groups -OCH3 is 1. The lowest BCUT2D eigenvalue weighted by Gasteiger charge is -2.25. The molecule has 0 spiro atoms. The second-order valence-electron chi connectivity index (χ2n) is 10.5. The third-order valence-corrected chi connectivity index (χ3v) is 9.48. The number of fused-ring (bicyclic) bond motifs is 1. The van der Waals surface area contributed by atoms with Crippen molar-refractivity contribution >= 4 is 61.2 Å². The quantitative estimate of drug-likeness (QED) is 0.160. The first-order chi connectivity index (χ1) is 23.6. The lowest BCUT2D eigenvalue weighted by molar-refractivity contribution is -0.143. The van der Waals surface area contributed by atoms with E-state index in [4.69, 9.17) is 18.9 Å². The van der Waals surface area contributed by atoms with E-state index in [2.05, 4.69) is 41.6 Å². The highest BCUT2D eigenvalue weighted by atomic mass is 79.9. The van der Waals surface area contributed by atoms with Gasteiger partial charge in [0.25, 0.3) is 5.56 Å². The number of ether oxygens (including phenoxy) is 5. The second-order valence-corrected chi connectivity index (χ2v) is 13.2. The normalized spacial score (nSPS) is 14.2. The van der Waals surface area contributed by atoms with Gasteiger partial charge in [-0.05, 0) is 100 Å². The number of nitrogens with zero attached hydrogens (tertiary/aromatic N) is 2. The van der Waals surface area contributed by atoms with Crippen LogP contribution in [0.5, 0.6) is 17.2 Å². The topological polar surface area (TPSA) is 115 Å². The predicted molar refractivity (Wildman–Crippen MR) is 188 cm³/mol. The van der Waals surface area contributed by atoms with E-state index in [1.807, 2.05) is 0 Å². The van der Waals surface area contributed by atoms with Crippen LogP contribution in [0.2, 0.25) is 0 Å². The Morgan fingerprint density at radius 1 is 1.00 bits per heavy atom. The van der Waals surface area contributed by atoms with Crippen molar-refractivity contribution in [3.63, 3.8) is 0 Å². The van der Waals surface area contributed by atoms with Gasteiger partial charge in [0.15, 0.2) is 22.9 Å². The average molecular weight is 819 g/mol. The van der Waals surface area contributed by atoms with Gasteiger partial charge in [0, 0.05) is 5.56 Å². The van der Waals surface area contributed by atoms with E-state index in [9.17, 15) is 18.8 Å². The van der Waals surface area contributed by atoms with Crippen LogP contribution >= 0.6 is 43.2 Å². The molecule has 10 nitrogen and oxygen atoms in total. The maximum absolute atomic E-state index is 14.2. The van der Waals surface area contributed by atoms with Gasteiger partial charge in [-0.2, -0.15) is 0 Å². The zero-order valence-corrected chi connectivity index (χ0v) is 30.9. The number of carbonyl (C=O) groups is 2. The number of rotatable bonds is 12. The maximum atomic E-state index is 14.2. The first kappa shape index (κ1) is 36.0. The fourth-order valence-corrected chi connectivity index (χ4v) is 7.60. The monoisotopic (exact) mass is 816 g/mol. The van der Waals surface area contributed by atoms with Crippen LogP contribution in [0.25, 0.3) is 6.08 Å². The minimum atomic E-state index is -0.904. The molecule has 1 aliphatic rings. The van der Waals surface area contributed by atoms with Crippen LogP contribution < -0.4 is 29.1 Å². The molecule has 0 saturated carbocycles. The average Bonchev–Trinajstić information content (AvgIpc) is 3.37. The Balaban J connectivity index is 1.57. The van der Waals surface area contributed by atoms with Crippen LogP contribution in [0.4, 0.5) is 4.39 Å². The van der Waals surface area contributed by atoms with Gasteiger partial charge in [-0.3, -0.25) is 9.36 Å². The molecule has 0 fully saturated rings. The van der Waals surface area contributed by atoms with Gasteiger partial charge in [0.1, 0.15) is 18.2 Å². The molecule has 0 bridgehead atoms. The summed E-state index contributed by atoms with van der Waals surface area (Å²) in [5.74, 6) is -0.453. The summed E-state index contributed by atoms with van der Waals surface area (Å²) in [6.07, 6.45) is 1.72. The summed E-state index contributed by atoms with van der Waals surface area (Å²) in [6.45, 7) is 5.30. The largest absolute Gasteiger partial charge is 0.490 e. The zero-order valence-electron chi connectivity index (χ0n) is 26.9. The van der Waals surface area contributed by atoms with Crippen molar-refractivity contribution in [1.82, 2.24) is 4.57 Å². The molecule has 1 aliphatic heterocycles. The lowest BCUT2D eigenvalue weighted by atomic mass is 9.95. The molecule has 4 aromatic rings. The van der Waals surface area contributed by atoms with Crippen LogP contribution in [0.3, 0.4) is 0 Å². The number of allylic oxidation sites excluding steroid dienone is 1. The van der Waals surface area contributed by atoms with Crippen LogP contribution in [0.15, 0.2) is 84.6 Å². The number of benzene rings is 3. The van der Waals surface area contributed by atoms with E-state index in [0.717, 1.165) is 0 Å². The summed E-state index contributed by atoms with van der Waals surface area (Å²) >= 11 is 8.26. The Morgan fingerprint density at radius 3 is 2.41 bits per heavy atom. The van der Waals surface area contributed by atoms with Gasteiger partial charge >= 0.3 is 11.9 Å². The number of hydrogen-bond acceptors (Lipinski definition) is 10. The molecule has 0 unspecified atom stereocenters. The number of hydrogen-bond donors (Lipinski definition) is 0. The number of aromatic nitrogens is 1. The minimum Gasteiger partial charge on any atom is -0.490 e. The predicted octanol–water partition coefficient (Wildman–Crippen LogP) is 5.99. The summed E-state index contributed by atoms with van der Waals surface area (Å²) in [6, 6.07) is 14.0. The number of thiazole rings is 1. The molecule has 49 heavy (non-hydrogen) atoms. The van der Waals surface area contributed by atoms with E-state index < -0.39 is 18.0 Å². The van der Waals surface area contributed by atoms with Crippen molar-refractivity contribution in [3.05, 3.63) is 117 Å². The van der Waals surface area contributed by atoms with Gasteiger partial charge in [0.05, 0.1) is 51.1 Å². The molecule has 256 valence electrons. The van der Waals surface area contributed by atoms with E-state index >= 15 is 0 Å². The van der Waals surface area contributed by atoms with Crippen molar-refractivity contribution in [2.24, 2.45) is 4.99 Å². The Kier molecular flexibility index (Phi) is 11.7. The number of halogens is 3. The third-order valence-electron chi connectivity index (χ3n) is 7.32. The fourth-order valence-electron chi connectivity index (χ4n) is 5.10. The van der Waals surface area contributed by atoms with Crippen LogP contribution in [-0.2, 0) is 25.7 Å². The first-order valence-electron chi connectivity index (χ1n) is 15.1. The molecule has 14 heteroatoms. The molecule has 0 amide bonds. The summed E-state index contributed by atoms with van der Waals surface area (Å²) < 4.78 is 44.6. The lowest BCUT2D eigenvalue weighted by Crippen LogP contribution is -2.40. The molecular weight excluding hydrogens is 787 g/mol. The van der Waals surface area contributed by atoms with Crippen molar-refractivity contribution in [3.8, 4) is 17.2 Å². The Morgan fingerprint density at radius 2 is 1.73 bits per heavy atom. The molecule has 0 radical (unpaired) electrons. The van der Waals surface area contributed by atoms with Gasteiger partial charge in [-0.15, -0.1) is 0 Å². The Bertz CT molecular complexity index is 2110. The molecule has 0 N–H and O–H groups in total. The fraction of sp³-hybridized carbons (Fsp3) is 0.257. The first-order valence-corrected chi connectivity index (χ1v) is 17.5. The molecule has 0 aliphatic carbocycles. The summed E-state index contributed by atoms with van der Waals surface area (Å²) in [4.78, 5) is 44.3. The summed E-state index contributed by atoms with van der Waals surface area (Å²) in [5, 5.41) is 0. The van der Waals surface area contributed by atoms with Gasteiger partial charge in [-0.25, -0.2) is 19.0 Å². The van der Waals surface area contributed by atoms with Crippen molar-refractivity contribution in [2.45, 2.75) is 33.4 Å². The molecular formula is C35H31Br2FN2O8S. The maximum Gasteiger partial charge on any atom is 0.343 e. The van der Waals surface area contributed by atoms with E-state index in [-0.39, 0.29) is 36.8 Å². The highest BCUT2D eigenvalue weighted by Crippen LogP contribution is 2.37. The van der Waals surface area contributed by atoms with Crippen molar-refractivity contribution in [2.75, 3.05) is 26.9 Å². The van der Waals surface area contributed by atoms with Gasteiger partial charge in [0.2, 0.25) is 0 Å². The molecule has 1 aromatic heterocycles. The van der Waals surface area contributed by atoms with E-state index in [1.165, 1.54) is 29.1 Å². The van der Waals surface area contributed by atoms with Crippen molar-refractivity contribution in [1.29, 1.82) is 0 Å². The molecule has 2 heterocycles. The number of carbonyl (C=O) groups excluding carboxylic acids is 2. The van der Waals surface area contributed by atoms with Crippen LogP contribution in [-0.4, -0.2) is 43.4 Å². The Labute approximate surface area is 301 Å². The number of esters is 2. The SMILES string of the molecule is CCOC(=O)C1=C(C)N=c2s/c(=C\c3cc(Br)c(OCc4ccccc4F)c(Br)c3)c(=O)n2[C@H]1c1ccc(OCC(=O)OC)c(OCC)c1. The molecule has 1 atom stereocenters. The molecule has 0 saturated heterocycles.